The Kier molecular flexibility index (Phi) is 18.2. The van der Waals surface area contributed by atoms with Crippen LogP contribution < -0.4 is 14.8 Å². The first kappa shape index (κ1) is 49.8. The SMILES string of the molecule is C=CCO[C@@]12Oc3ccc(OC(=O)NCc4ccccc4)cc3[C@H]3[C@H](CCCCO)[C@@H](CCCCO)C=C(C(=NOCC)C[C@@H]1N(Cc1ccc(F)cc1)C(=O)OCCOCc1ccccc1)[C@H]32. The van der Waals surface area contributed by atoms with Crippen LogP contribution in [-0.2, 0) is 38.7 Å². The zero-order valence-electron chi connectivity index (χ0n) is 38.8. The van der Waals surface area contributed by atoms with Crippen LogP contribution >= 0.6 is 0 Å². The van der Waals surface area contributed by atoms with E-state index in [2.05, 4.69) is 18.0 Å². The monoisotopic (exact) mass is 933 g/mol. The highest BCUT2D eigenvalue weighted by molar-refractivity contribution is 6.03. The minimum Gasteiger partial charge on any atom is -0.459 e. The predicted molar refractivity (Wildman–Crippen MR) is 255 cm³/mol. The van der Waals surface area contributed by atoms with Crippen LogP contribution in [0.1, 0.15) is 80.0 Å². The molecular formula is C54H64FN3O10. The number of amides is 2. The van der Waals surface area contributed by atoms with Crippen LogP contribution in [0.4, 0.5) is 14.0 Å². The van der Waals surface area contributed by atoms with Crippen LogP contribution in [0.25, 0.3) is 0 Å². The van der Waals surface area contributed by atoms with Gasteiger partial charge in [-0.05, 0) is 97.0 Å². The highest BCUT2D eigenvalue weighted by Crippen LogP contribution is 2.62. The smallest absolute Gasteiger partial charge is 0.412 e. The highest BCUT2D eigenvalue weighted by atomic mass is 19.1. The Morgan fingerprint density at radius 3 is 2.34 bits per heavy atom. The van der Waals surface area contributed by atoms with Crippen LogP contribution in [0.5, 0.6) is 11.5 Å². The Morgan fingerprint density at radius 1 is 0.912 bits per heavy atom. The molecule has 0 spiro atoms. The van der Waals surface area contributed by atoms with E-state index >= 15 is 0 Å². The lowest BCUT2D eigenvalue weighted by Gasteiger charge is -2.59. The molecule has 13 nitrogen and oxygen atoms in total. The van der Waals surface area contributed by atoms with E-state index in [0.717, 1.165) is 41.5 Å². The summed E-state index contributed by atoms with van der Waals surface area (Å²) >= 11 is 0. The molecular weight excluding hydrogens is 870 g/mol. The molecule has 3 aliphatic rings. The van der Waals surface area contributed by atoms with Gasteiger partial charge in [0.05, 0.1) is 31.5 Å². The van der Waals surface area contributed by atoms with Gasteiger partial charge in [0.25, 0.3) is 0 Å². The third kappa shape index (κ3) is 12.3. The molecule has 362 valence electrons. The van der Waals surface area contributed by atoms with Gasteiger partial charge in [-0.15, -0.1) is 6.58 Å². The maximum Gasteiger partial charge on any atom is 0.412 e. The second-order valence-electron chi connectivity index (χ2n) is 17.3. The summed E-state index contributed by atoms with van der Waals surface area (Å²) in [4.78, 5) is 35.6. The Hall–Kier alpha value is -6.06. The van der Waals surface area contributed by atoms with E-state index in [0.29, 0.717) is 48.6 Å². The van der Waals surface area contributed by atoms with Gasteiger partial charge in [0.15, 0.2) is 0 Å². The fourth-order valence-corrected chi connectivity index (χ4v) is 9.89. The fraction of sp³-hybridized carbons (Fsp3) is 0.426. The lowest BCUT2D eigenvalue weighted by molar-refractivity contribution is -0.256. The summed E-state index contributed by atoms with van der Waals surface area (Å²) in [6.45, 7) is 6.98. The van der Waals surface area contributed by atoms with E-state index in [9.17, 15) is 24.2 Å². The van der Waals surface area contributed by atoms with Crippen molar-refractivity contribution in [3.8, 4) is 11.5 Å². The summed E-state index contributed by atoms with van der Waals surface area (Å²) in [5.74, 6) is -2.30. The number of unbranched alkanes of at least 4 members (excludes halogenated alkanes) is 2. The Bertz CT molecular complexity index is 2310. The fourth-order valence-electron chi connectivity index (χ4n) is 9.89. The second-order valence-corrected chi connectivity index (χ2v) is 17.3. The average molecular weight is 934 g/mol. The number of nitrogens with one attached hydrogen (secondary N) is 1. The Balaban J connectivity index is 1.34. The molecule has 1 aliphatic heterocycles. The molecule has 7 rings (SSSR count). The third-order valence-electron chi connectivity index (χ3n) is 12.9. The third-order valence-corrected chi connectivity index (χ3v) is 12.9. The molecule has 2 aliphatic carbocycles. The summed E-state index contributed by atoms with van der Waals surface area (Å²) in [5.41, 5.74) is 4.78. The molecule has 0 radical (unpaired) electrons. The molecule has 0 aromatic heterocycles. The minimum atomic E-state index is -1.59. The molecule has 3 N–H and O–H groups in total. The molecule has 4 aromatic carbocycles. The van der Waals surface area contributed by atoms with Crippen LogP contribution in [-0.4, -0.2) is 84.5 Å². The number of benzene rings is 4. The highest BCUT2D eigenvalue weighted by Gasteiger charge is 2.65. The Morgan fingerprint density at radius 2 is 1.63 bits per heavy atom. The number of rotatable bonds is 24. The normalized spacial score (nSPS) is 21.9. The molecule has 1 saturated carbocycles. The Labute approximate surface area is 398 Å². The number of oxime groups is 1. The van der Waals surface area contributed by atoms with E-state index < -0.39 is 35.8 Å². The first-order valence-electron chi connectivity index (χ1n) is 23.8. The molecule has 68 heavy (non-hydrogen) atoms. The van der Waals surface area contributed by atoms with Crippen molar-refractivity contribution in [2.24, 2.45) is 22.9 Å². The molecule has 0 bridgehead atoms. The number of aliphatic hydroxyl groups is 2. The number of fused-ring (bicyclic) bond motifs is 2. The molecule has 4 aromatic rings. The van der Waals surface area contributed by atoms with Gasteiger partial charge >= 0.3 is 12.2 Å². The molecule has 0 saturated heterocycles. The van der Waals surface area contributed by atoms with E-state index in [1.165, 1.54) is 12.1 Å². The van der Waals surface area contributed by atoms with Crippen molar-refractivity contribution in [1.29, 1.82) is 0 Å². The van der Waals surface area contributed by atoms with Gasteiger partial charge in [0.1, 0.15) is 36.6 Å². The summed E-state index contributed by atoms with van der Waals surface area (Å²) in [7, 11) is 0. The summed E-state index contributed by atoms with van der Waals surface area (Å²) in [6, 6.07) is 29.6. The quantitative estimate of drug-likeness (QED) is 0.0351. The van der Waals surface area contributed by atoms with Crippen LogP contribution in [0.2, 0.25) is 0 Å². The van der Waals surface area contributed by atoms with Gasteiger partial charge in [-0.2, -0.15) is 0 Å². The van der Waals surface area contributed by atoms with Crippen molar-refractivity contribution in [3.05, 3.63) is 156 Å². The molecule has 2 amide bonds. The number of carbonyl (C=O) groups excluding carboxylic acids is 2. The van der Waals surface area contributed by atoms with Gasteiger partial charge in [-0.3, -0.25) is 4.90 Å². The van der Waals surface area contributed by atoms with Crippen molar-refractivity contribution in [2.45, 2.75) is 89.3 Å². The number of nitrogens with zero attached hydrogens (tertiary/aromatic N) is 2. The number of hydrogen-bond acceptors (Lipinski definition) is 11. The van der Waals surface area contributed by atoms with Crippen molar-refractivity contribution in [1.82, 2.24) is 10.2 Å². The van der Waals surface area contributed by atoms with E-state index in [-0.39, 0.29) is 76.9 Å². The van der Waals surface area contributed by atoms with Crippen LogP contribution in [0, 0.1) is 23.6 Å². The lowest BCUT2D eigenvalue weighted by Crippen LogP contribution is -2.70. The largest absolute Gasteiger partial charge is 0.459 e. The number of ether oxygens (including phenoxy) is 5. The lowest BCUT2D eigenvalue weighted by atomic mass is 9.55. The van der Waals surface area contributed by atoms with Crippen LogP contribution in [0.3, 0.4) is 0 Å². The summed E-state index contributed by atoms with van der Waals surface area (Å²) in [6.07, 6.45) is 6.90. The van der Waals surface area contributed by atoms with Crippen molar-refractivity contribution in [2.75, 3.05) is 39.6 Å². The van der Waals surface area contributed by atoms with E-state index in [1.54, 1.807) is 35.2 Å². The second kappa shape index (κ2) is 24.8. The van der Waals surface area contributed by atoms with Crippen molar-refractivity contribution in [3.63, 3.8) is 0 Å². The molecule has 1 fully saturated rings. The van der Waals surface area contributed by atoms with E-state index in [4.69, 9.17) is 33.7 Å². The zero-order valence-corrected chi connectivity index (χ0v) is 38.8. The summed E-state index contributed by atoms with van der Waals surface area (Å²) < 4.78 is 46.6. The predicted octanol–water partition coefficient (Wildman–Crippen LogP) is 9.62. The van der Waals surface area contributed by atoms with Gasteiger partial charge in [-0.25, -0.2) is 14.0 Å². The number of halogens is 1. The molecule has 1 heterocycles. The first-order valence-corrected chi connectivity index (χ1v) is 23.8. The van der Waals surface area contributed by atoms with Gasteiger partial charge in [-0.1, -0.05) is 103 Å². The van der Waals surface area contributed by atoms with Crippen molar-refractivity contribution >= 4 is 17.9 Å². The maximum absolute atomic E-state index is 14.8. The number of aliphatic hydroxyl groups excluding tert-OH is 2. The zero-order chi connectivity index (χ0) is 47.7. The van der Waals surface area contributed by atoms with E-state index in [1.807, 2.05) is 73.7 Å². The topological polar surface area (TPSA) is 158 Å². The first-order chi connectivity index (χ1) is 33.3. The number of carbonyl (C=O) groups is 2. The minimum absolute atomic E-state index is 0.00297. The number of hydrogen-bond donors (Lipinski definition) is 3. The average Bonchev–Trinajstić information content (AvgIpc) is 3.36. The van der Waals surface area contributed by atoms with Gasteiger partial charge < -0.3 is 44.1 Å². The molecule has 6 atom stereocenters. The van der Waals surface area contributed by atoms with Gasteiger partial charge in [0, 0.05) is 44.2 Å². The standard InChI is InChI=1S/C54H64FN3O10/c1-3-29-65-54-49(58(36-39-21-23-42(55)24-22-39)53(62)64-31-30-63-37-40-17-9-6-10-18-40)34-47(57-66-4-2)45-32-41(19-11-13-27-59)44(20-12-14-28-60)50(51(45)54)46-33-43(25-26-48(46)68-54)67-52(61)56-35-38-15-7-5-8-16-38/h3,5-10,15-18,21-26,32-33,41,44,49-51,59-60H,1,4,11-14,19-20,27-31,34-37H2,2H3,(H,56,61)/t41-,44+,49-,50+,51+,54+/m0/s1. The maximum atomic E-state index is 14.8. The summed E-state index contributed by atoms with van der Waals surface area (Å²) in [5, 5.41) is 27.5. The van der Waals surface area contributed by atoms with Crippen molar-refractivity contribution < 1.29 is 52.7 Å². The number of allylic oxidation sites excluding steroid dienone is 1. The van der Waals surface area contributed by atoms with Crippen LogP contribution in [0.15, 0.2) is 133 Å². The van der Waals surface area contributed by atoms with Gasteiger partial charge in [0.2, 0.25) is 5.79 Å². The molecule has 14 heteroatoms. The molecule has 0 unspecified atom stereocenters.